The average Bonchev–Trinajstić information content (AvgIpc) is 3.28. The number of benzene rings is 2. The summed E-state index contributed by atoms with van der Waals surface area (Å²) in [5.74, 6) is 0.861. The maximum absolute atomic E-state index is 5.55. The lowest BCUT2D eigenvalue weighted by Crippen LogP contribution is -2.45. The molecule has 1 saturated heterocycles. The van der Waals surface area contributed by atoms with Crippen LogP contribution in [0.15, 0.2) is 54.9 Å². The zero-order valence-electron chi connectivity index (χ0n) is 16.2. The Morgan fingerprint density at radius 1 is 1.17 bits per heavy atom. The summed E-state index contributed by atoms with van der Waals surface area (Å²) in [5, 5.41) is 18.8. The summed E-state index contributed by atoms with van der Waals surface area (Å²) in [6.45, 7) is 1.77. The van der Waals surface area contributed by atoms with E-state index in [-0.39, 0.29) is 24.8 Å². The number of hydrogen-bond donors (Lipinski definition) is 2. The molecule has 2 N–H and O–H groups in total. The van der Waals surface area contributed by atoms with Crippen LogP contribution in [0.4, 0.5) is 0 Å². The third-order valence-corrected chi connectivity index (χ3v) is 5.05. The first-order valence-electron chi connectivity index (χ1n) is 9.27. The van der Waals surface area contributed by atoms with Crippen molar-refractivity contribution in [1.29, 1.82) is 0 Å². The molecule has 29 heavy (non-hydrogen) atoms. The van der Waals surface area contributed by atoms with Crippen molar-refractivity contribution < 1.29 is 4.74 Å². The number of methoxy groups -OCH3 is 1. The van der Waals surface area contributed by atoms with Crippen LogP contribution in [-0.4, -0.2) is 39.9 Å². The number of tetrazole rings is 1. The molecule has 2 heterocycles. The smallest absolute Gasteiger partial charge is 0.143 e. The van der Waals surface area contributed by atoms with Crippen LogP contribution >= 0.6 is 24.8 Å². The van der Waals surface area contributed by atoms with Crippen molar-refractivity contribution in [3.8, 4) is 11.4 Å². The van der Waals surface area contributed by atoms with Crippen LogP contribution in [0.1, 0.15) is 30.0 Å². The molecule has 1 fully saturated rings. The first kappa shape index (κ1) is 23.1. The molecule has 0 spiro atoms. The number of aromatic nitrogens is 4. The van der Waals surface area contributed by atoms with Gasteiger partial charge < -0.3 is 15.4 Å². The summed E-state index contributed by atoms with van der Waals surface area (Å²) < 4.78 is 7.20. The molecule has 0 bridgehead atoms. The molecule has 1 aromatic heterocycles. The zero-order chi connectivity index (χ0) is 18.5. The van der Waals surface area contributed by atoms with Crippen LogP contribution in [0.3, 0.4) is 0 Å². The van der Waals surface area contributed by atoms with Gasteiger partial charge in [0.25, 0.3) is 0 Å². The summed E-state index contributed by atoms with van der Waals surface area (Å²) in [7, 11) is 1.70. The van der Waals surface area contributed by atoms with E-state index in [4.69, 9.17) is 4.74 Å². The zero-order valence-corrected chi connectivity index (χ0v) is 17.8. The molecule has 3 aromatic rings. The lowest BCUT2D eigenvalue weighted by Gasteiger charge is -2.34. The highest BCUT2D eigenvalue weighted by atomic mass is 35.5. The van der Waals surface area contributed by atoms with Crippen molar-refractivity contribution in [1.82, 2.24) is 30.8 Å². The number of nitrogens with one attached hydrogen (secondary N) is 2. The van der Waals surface area contributed by atoms with E-state index in [1.54, 1.807) is 18.1 Å². The molecule has 0 radical (unpaired) electrons. The van der Waals surface area contributed by atoms with Gasteiger partial charge in [-0.25, -0.2) is 4.68 Å². The van der Waals surface area contributed by atoms with Gasteiger partial charge in [0.1, 0.15) is 12.1 Å². The first-order chi connectivity index (χ1) is 13.3. The molecule has 1 aliphatic heterocycles. The SMILES string of the molecule is COc1ccc(-n2cnnn2)cc1CNC1CCCNC1c1ccccc1.Cl.Cl. The van der Waals surface area contributed by atoms with Crippen LogP contribution in [0.2, 0.25) is 0 Å². The first-order valence-corrected chi connectivity index (χ1v) is 9.27. The summed E-state index contributed by atoms with van der Waals surface area (Å²) in [4.78, 5) is 0. The molecular formula is C20H26Cl2N6O. The minimum Gasteiger partial charge on any atom is -0.496 e. The number of ether oxygens (including phenoxy) is 1. The molecule has 4 rings (SSSR count). The number of rotatable bonds is 6. The highest BCUT2D eigenvalue weighted by molar-refractivity contribution is 5.85. The molecule has 0 aliphatic carbocycles. The van der Waals surface area contributed by atoms with Crippen LogP contribution < -0.4 is 15.4 Å². The number of piperidine rings is 1. The highest BCUT2D eigenvalue weighted by Gasteiger charge is 2.25. The van der Waals surface area contributed by atoms with Gasteiger partial charge >= 0.3 is 0 Å². The monoisotopic (exact) mass is 436 g/mol. The normalized spacial score (nSPS) is 18.4. The van der Waals surface area contributed by atoms with E-state index in [0.29, 0.717) is 12.1 Å². The molecule has 2 atom stereocenters. The summed E-state index contributed by atoms with van der Waals surface area (Å²) in [5.41, 5.74) is 3.32. The van der Waals surface area contributed by atoms with E-state index < -0.39 is 0 Å². The largest absolute Gasteiger partial charge is 0.496 e. The van der Waals surface area contributed by atoms with Crippen molar-refractivity contribution >= 4 is 24.8 Å². The van der Waals surface area contributed by atoms with E-state index in [2.05, 4.69) is 62.6 Å². The lowest BCUT2D eigenvalue weighted by atomic mass is 9.92. The molecule has 0 saturated carbocycles. The van der Waals surface area contributed by atoms with Gasteiger partial charge in [-0.2, -0.15) is 0 Å². The molecule has 2 unspecified atom stereocenters. The van der Waals surface area contributed by atoms with E-state index in [9.17, 15) is 0 Å². The van der Waals surface area contributed by atoms with Gasteiger partial charge in [-0.3, -0.25) is 0 Å². The molecule has 156 valence electrons. The number of nitrogens with zero attached hydrogens (tertiary/aromatic N) is 4. The van der Waals surface area contributed by atoms with Gasteiger partial charge in [0.15, 0.2) is 0 Å². The summed E-state index contributed by atoms with van der Waals surface area (Å²) in [6.07, 6.45) is 3.90. The Labute approximate surface area is 183 Å². The van der Waals surface area contributed by atoms with Gasteiger partial charge in [0.05, 0.1) is 12.8 Å². The fraction of sp³-hybridized carbons (Fsp3) is 0.350. The Morgan fingerprint density at radius 2 is 2.00 bits per heavy atom. The Hall–Kier alpha value is -2.19. The third kappa shape index (κ3) is 5.45. The lowest BCUT2D eigenvalue weighted by molar-refractivity contribution is 0.303. The minimum absolute atomic E-state index is 0. The fourth-order valence-electron chi connectivity index (χ4n) is 3.69. The van der Waals surface area contributed by atoms with E-state index in [0.717, 1.165) is 36.5 Å². The van der Waals surface area contributed by atoms with Crippen LogP contribution in [0, 0.1) is 0 Å². The van der Waals surface area contributed by atoms with Crippen molar-refractivity contribution in [2.75, 3.05) is 13.7 Å². The van der Waals surface area contributed by atoms with E-state index in [1.165, 1.54) is 12.0 Å². The Morgan fingerprint density at radius 3 is 2.72 bits per heavy atom. The summed E-state index contributed by atoms with van der Waals surface area (Å²) in [6, 6.07) is 17.3. The van der Waals surface area contributed by atoms with Gasteiger partial charge in [-0.15, -0.1) is 29.9 Å². The predicted octanol–water partition coefficient (Wildman–Crippen LogP) is 3.10. The number of halogens is 2. The predicted molar refractivity (Wildman–Crippen MR) is 117 cm³/mol. The molecule has 9 heteroatoms. The maximum Gasteiger partial charge on any atom is 0.143 e. The second-order valence-corrected chi connectivity index (χ2v) is 6.72. The van der Waals surface area contributed by atoms with Crippen LogP contribution in [-0.2, 0) is 6.54 Å². The fourth-order valence-corrected chi connectivity index (χ4v) is 3.69. The van der Waals surface area contributed by atoms with Gasteiger partial charge in [-0.1, -0.05) is 30.3 Å². The van der Waals surface area contributed by atoms with Gasteiger partial charge in [-0.05, 0) is 53.6 Å². The van der Waals surface area contributed by atoms with Gasteiger partial charge in [0, 0.05) is 24.2 Å². The summed E-state index contributed by atoms with van der Waals surface area (Å²) >= 11 is 0. The quantitative estimate of drug-likeness (QED) is 0.617. The Kier molecular flexibility index (Phi) is 8.85. The van der Waals surface area contributed by atoms with Crippen LogP contribution in [0.5, 0.6) is 5.75 Å². The standard InChI is InChI=1S/C20H24N6O.2ClH/c1-27-19-10-9-17(26-14-23-24-25-26)12-16(19)13-22-18-8-5-11-21-20(18)15-6-3-2-4-7-15;;/h2-4,6-7,9-10,12,14,18,20-22H,5,8,11,13H2,1H3;2*1H. The maximum atomic E-state index is 5.55. The van der Waals surface area contributed by atoms with Crippen LogP contribution in [0.25, 0.3) is 5.69 Å². The Balaban J connectivity index is 0.00000150. The average molecular weight is 437 g/mol. The molecular weight excluding hydrogens is 411 g/mol. The van der Waals surface area contributed by atoms with Gasteiger partial charge in [0.2, 0.25) is 0 Å². The second kappa shape index (κ2) is 11.1. The molecule has 1 aliphatic rings. The highest BCUT2D eigenvalue weighted by Crippen LogP contribution is 2.26. The third-order valence-electron chi connectivity index (χ3n) is 5.05. The van der Waals surface area contributed by atoms with E-state index >= 15 is 0 Å². The minimum atomic E-state index is 0. The van der Waals surface area contributed by atoms with Crippen molar-refractivity contribution in [2.24, 2.45) is 0 Å². The van der Waals surface area contributed by atoms with Crippen molar-refractivity contribution in [2.45, 2.75) is 31.5 Å². The van der Waals surface area contributed by atoms with Crippen molar-refractivity contribution in [3.63, 3.8) is 0 Å². The van der Waals surface area contributed by atoms with E-state index in [1.807, 2.05) is 12.1 Å². The van der Waals surface area contributed by atoms with Crippen molar-refractivity contribution in [3.05, 3.63) is 66.0 Å². The second-order valence-electron chi connectivity index (χ2n) is 6.72. The molecule has 7 nitrogen and oxygen atoms in total. The molecule has 2 aromatic carbocycles. The topological polar surface area (TPSA) is 76.9 Å². The Bertz CT molecular complexity index is 863. The molecule has 0 amide bonds. The number of hydrogen-bond acceptors (Lipinski definition) is 6.